The summed E-state index contributed by atoms with van der Waals surface area (Å²) in [5.41, 5.74) is 3.63. The Balaban J connectivity index is 1.87. The smallest absolute Gasteiger partial charge is 0.407 e. The first kappa shape index (κ1) is 18.9. The lowest BCUT2D eigenvalue weighted by atomic mass is 10.1. The summed E-state index contributed by atoms with van der Waals surface area (Å²) < 4.78 is 5.13. The van der Waals surface area contributed by atoms with Crippen molar-refractivity contribution in [2.75, 3.05) is 13.1 Å². The minimum atomic E-state index is -0.545. The molecular weight excluding hydrogens is 338 g/mol. The topological polar surface area (TPSA) is 80.3 Å². The molecule has 7 heteroatoms. The number of hydrogen-bond donors (Lipinski definition) is 2. The van der Waals surface area contributed by atoms with Gasteiger partial charge in [0.25, 0.3) is 5.91 Å². The molecular formula is C18H23N3O3S. The Bertz CT molecular complexity index is 733. The highest BCUT2D eigenvalue weighted by molar-refractivity contribution is 7.13. The van der Waals surface area contributed by atoms with E-state index in [0.717, 1.165) is 16.0 Å². The van der Waals surface area contributed by atoms with Crippen molar-refractivity contribution in [3.05, 3.63) is 41.0 Å². The number of hydrogen-bond acceptors (Lipinski definition) is 5. The monoisotopic (exact) mass is 361 g/mol. The maximum Gasteiger partial charge on any atom is 0.407 e. The zero-order chi connectivity index (χ0) is 18.4. The number of benzene rings is 1. The van der Waals surface area contributed by atoms with Gasteiger partial charge >= 0.3 is 6.09 Å². The van der Waals surface area contributed by atoms with Crippen LogP contribution in [0.4, 0.5) is 4.79 Å². The number of rotatable bonds is 5. The zero-order valence-corrected chi connectivity index (χ0v) is 15.7. The average molecular weight is 361 g/mol. The number of alkyl carbamates (subject to hydrolysis) is 1. The van der Waals surface area contributed by atoms with Crippen molar-refractivity contribution in [2.24, 2.45) is 0 Å². The lowest BCUT2D eigenvalue weighted by Gasteiger charge is -2.19. The largest absolute Gasteiger partial charge is 0.444 e. The molecule has 0 aliphatic carbocycles. The molecule has 0 aliphatic rings. The molecule has 2 N–H and O–H groups in total. The predicted octanol–water partition coefficient (Wildman–Crippen LogP) is 3.37. The van der Waals surface area contributed by atoms with Crippen molar-refractivity contribution in [3.8, 4) is 10.4 Å². The maximum absolute atomic E-state index is 12.3. The number of aromatic nitrogens is 1. The fourth-order valence-corrected chi connectivity index (χ4v) is 2.85. The minimum absolute atomic E-state index is 0.261. The molecule has 1 heterocycles. The molecule has 1 aromatic heterocycles. The van der Waals surface area contributed by atoms with Crippen LogP contribution in [0.1, 0.15) is 36.8 Å². The van der Waals surface area contributed by atoms with Crippen LogP contribution in [0, 0.1) is 6.92 Å². The first-order valence-corrected chi connectivity index (χ1v) is 8.90. The van der Waals surface area contributed by atoms with Crippen molar-refractivity contribution in [1.82, 2.24) is 15.6 Å². The Morgan fingerprint density at radius 1 is 1.12 bits per heavy atom. The van der Waals surface area contributed by atoms with Crippen LogP contribution in [0.25, 0.3) is 10.4 Å². The number of nitrogens with zero attached hydrogens (tertiary/aromatic N) is 1. The van der Waals surface area contributed by atoms with Crippen molar-refractivity contribution in [3.63, 3.8) is 0 Å². The van der Waals surface area contributed by atoms with E-state index in [2.05, 4.69) is 15.6 Å². The van der Waals surface area contributed by atoms with Crippen LogP contribution in [-0.4, -0.2) is 35.7 Å². The molecule has 0 atom stereocenters. The van der Waals surface area contributed by atoms with Gasteiger partial charge in [-0.1, -0.05) is 29.8 Å². The summed E-state index contributed by atoms with van der Waals surface area (Å²) in [6.07, 6.45) is -0.504. The van der Waals surface area contributed by atoms with Gasteiger partial charge in [0.2, 0.25) is 0 Å². The molecule has 25 heavy (non-hydrogen) atoms. The molecule has 2 rings (SSSR count). The molecule has 0 saturated heterocycles. The number of ether oxygens (including phenoxy) is 1. The second kappa shape index (κ2) is 8.11. The van der Waals surface area contributed by atoms with E-state index in [0.29, 0.717) is 12.2 Å². The second-order valence-electron chi connectivity index (χ2n) is 6.58. The molecule has 0 aliphatic heterocycles. The third-order valence-electron chi connectivity index (χ3n) is 3.18. The number of aryl methyl sites for hydroxylation is 1. The molecule has 0 bridgehead atoms. The summed E-state index contributed by atoms with van der Waals surface area (Å²) in [5.74, 6) is -0.261. The fraction of sp³-hybridized carbons (Fsp3) is 0.389. The highest BCUT2D eigenvalue weighted by atomic mass is 32.1. The van der Waals surface area contributed by atoms with E-state index in [-0.39, 0.29) is 12.5 Å². The highest BCUT2D eigenvalue weighted by Gasteiger charge is 2.17. The Morgan fingerprint density at radius 2 is 1.76 bits per heavy atom. The van der Waals surface area contributed by atoms with E-state index in [1.165, 1.54) is 11.3 Å². The molecule has 0 spiro atoms. The Hall–Kier alpha value is -2.41. The van der Waals surface area contributed by atoms with E-state index in [1.54, 1.807) is 26.3 Å². The first-order valence-electron chi connectivity index (χ1n) is 8.02. The predicted molar refractivity (Wildman–Crippen MR) is 98.9 cm³/mol. The lowest BCUT2D eigenvalue weighted by molar-refractivity contribution is 0.0526. The molecule has 0 unspecified atom stereocenters. The molecule has 0 radical (unpaired) electrons. The summed E-state index contributed by atoms with van der Waals surface area (Å²) in [5, 5.41) is 5.36. The van der Waals surface area contributed by atoms with Gasteiger partial charge in [-0.25, -0.2) is 9.78 Å². The van der Waals surface area contributed by atoms with Crippen molar-refractivity contribution >= 4 is 23.3 Å². The van der Waals surface area contributed by atoms with E-state index in [9.17, 15) is 9.59 Å². The van der Waals surface area contributed by atoms with Gasteiger partial charge in [0.05, 0.1) is 10.4 Å². The van der Waals surface area contributed by atoms with E-state index < -0.39 is 11.7 Å². The minimum Gasteiger partial charge on any atom is -0.444 e. The standard InChI is InChI=1S/C18H23N3O3S/c1-12-5-7-13(8-6-12)15-14(21-11-25-15)16(22)19-9-10-20-17(23)24-18(2,3)4/h5-8,11H,9-10H2,1-4H3,(H,19,22)(H,20,23). The van der Waals surface area contributed by atoms with Gasteiger partial charge in [0.15, 0.2) is 0 Å². The number of amides is 2. The quantitative estimate of drug-likeness (QED) is 0.800. The second-order valence-corrected chi connectivity index (χ2v) is 7.44. The fourth-order valence-electron chi connectivity index (χ4n) is 2.06. The van der Waals surface area contributed by atoms with Gasteiger partial charge in [-0.2, -0.15) is 0 Å². The molecule has 6 nitrogen and oxygen atoms in total. The average Bonchev–Trinajstić information content (AvgIpc) is 3.00. The number of thiazole rings is 1. The third-order valence-corrected chi connectivity index (χ3v) is 4.05. The van der Waals surface area contributed by atoms with Crippen LogP contribution in [0.15, 0.2) is 29.8 Å². The molecule has 0 fully saturated rings. The van der Waals surface area contributed by atoms with Gasteiger partial charge in [0.1, 0.15) is 11.3 Å². The van der Waals surface area contributed by atoms with Crippen molar-refractivity contribution < 1.29 is 14.3 Å². The van der Waals surface area contributed by atoms with Gasteiger partial charge < -0.3 is 15.4 Å². The lowest BCUT2D eigenvalue weighted by Crippen LogP contribution is -2.38. The molecule has 1 aromatic carbocycles. The van der Waals surface area contributed by atoms with Gasteiger partial charge in [-0.05, 0) is 33.3 Å². The van der Waals surface area contributed by atoms with Crippen LogP contribution in [0.5, 0.6) is 0 Å². The Kier molecular flexibility index (Phi) is 6.14. The summed E-state index contributed by atoms with van der Waals surface area (Å²) in [7, 11) is 0. The Labute approximate surface area is 151 Å². The van der Waals surface area contributed by atoms with Gasteiger partial charge in [0, 0.05) is 13.1 Å². The van der Waals surface area contributed by atoms with Crippen LogP contribution in [0.3, 0.4) is 0 Å². The van der Waals surface area contributed by atoms with Crippen LogP contribution >= 0.6 is 11.3 Å². The van der Waals surface area contributed by atoms with E-state index in [1.807, 2.05) is 31.2 Å². The third kappa shape index (κ3) is 5.86. The van der Waals surface area contributed by atoms with Crippen LogP contribution in [0.2, 0.25) is 0 Å². The number of carbonyl (C=O) groups excluding carboxylic acids is 2. The molecule has 0 saturated carbocycles. The first-order chi connectivity index (χ1) is 11.8. The van der Waals surface area contributed by atoms with Crippen LogP contribution < -0.4 is 10.6 Å². The summed E-state index contributed by atoms with van der Waals surface area (Å²) in [4.78, 5) is 28.9. The van der Waals surface area contributed by atoms with Crippen molar-refractivity contribution in [2.45, 2.75) is 33.3 Å². The summed E-state index contributed by atoms with van der Waals surface area (Å²) >= 11 is 1.43. The zero-order valence-electron chi connectivity index (χ0n) is 14.9. The van der Waals surface area contributed by atoms with Gasteiger partial charge in [-0.3, -0.25) is 4.79 Å². The van der Waals surface area contributed by atoms with Gasteiger partial charge in [-0.15, -0.1) is 11.3 Å². The number of carbonyl (C=O) groups is 2. The molecule has 134 valence electrons. The summed E-state index contributed by atoms with van der Waals surface area (Å²) in [6.45, 7) is 7.98. The molecule has 2 aromatic rings. The normalized spacial score (nSPS) is 11.0. The van der Waals surface area contributed by atoms with E-state index in [4.69, 9.17) is 4.74 Å². The highest BCUT2D eigenvalue weighted by Crippen LogP contribution is 2.27. The maximum atomic E-state index is 12.3. The number of nitrogens with one attached hydrogen (secondary N) is 2. The summed E-state index contributed by atoms with van der Waals surface area (Å²) in [6, 6.07) is 7.95. The SMILES string of the molecule is Cc1ccc(-c2scnc2C(=O)NCCNC(=O)OC(C)(C)C)cc1. The van der Waals surface area contributed by atoms with E-state index >= 15 is 0 Å². The van der Waals surface area contributed by atoms with Crippen molar-refractivity contribution in [1.29, 1.82) is 0 Å². The van der Waals surface area contributed by atoms with Crippen LogP contribution in [-0.2, 0) is 4.74 Å². The molecule has 2 amide bonds. The Morgan fingerprint density at radius 3 is 2.40 bits per heavy atom.